The molecule has 5 heteroatoms. The Morgan fingerprint density at radius 2 is 1.88 bits per heavy atom. The standard InChI is InChI=1S/C19H16N3O.Ir/c1-13-5-4-6-14(2)18(13)22-12-16(11-20)21-19(22)15-7-9-17(23-3)10-8-15;/h4-7,9-10,12H,1-3H3;/q-1;. The fourth-order valence-corrected chi connectivity index (χ4v) is 2.66. The number of aryl methyl sites for hydroxylation is 2. The zero-order valence-electron chi connectivity index (χ0n) is 13.6. The van der Waals surface area contributed by atoms with Crippen LogP contribution in [0.1, 0.15) is 16.8 Å². The Morgan fingerprint density at radius 3 is 2.42 bits per heavy atom. The van der Waals surface area contributed by atoms with E-state index in [4.69, 9.17) is 4.74 Å². The quantitative estimate of drug-likeness (QED) is 0.520. The van der Waals surface area contributed by atoms with Crippen LogP contribution in [0.4, 0.5) is 0 Å². The summed E-state index contributed by atoms with van der Waals surface area (Å²) >= 11 is 0. The Labute approximate surface area is 155 Å². The van der Waals surface area contributed by atoms with Crippen LogP contribution < -0.4 is 4.74 Å². The molecular weight excluding hydrogens is 478 g/mol. The van der Waals surface area contributed by atoms with Gasteiger partial charge in [0.15, 0.2) is 0 Å². The van der Waals surface area contributed by atoms with E-state index in [2.05, 4.69) is 43.1 Å². The van der Waals surface area contributed by atoms with Crippen LogP contribution in [-0.2, 0) is 20.1 Å². The average molecular weight is 495 g/mol. The third-order valence-corrected chi connectivity index (χ3v) is 3.76. The van der Waals surface area contributed by atoms with Crippen LogP contribution in [0.15, 0.2) is 42.6 Å². The van der Waals surface area contributed by atoms with E-state index in [-0.39, 0.29) is 20.1 Å². The molecule has 3 rings (SSSR count). The molecule has 0 unspecified atom stereocenters. The second-order valence-corrected chi connectivity index (χ2v) is 5.31. The molecule has 123 valence electrons. The fraction of sp³-hybridized carbons (Fsp3) is 0.158. The minimum absolute atomic E-state index is 0. The molecule has 0 bridgehead atoms. The van der Waals surface area contributed by atoms with Gasteiger partial charge in [-0.3, -0.25) is 4.98 Å². The van der Waals surface area contributed by atoms with Crippen molar-refractivity contribution < 1.29 is 24.8 Å². The summed E-state index contributed by atoms with van der Waals surface area (Å²) in [7, 11) is 1.62. The van der Waals surface area contributed by atoms with E-state index < -0.39 is 0 Å². The second kappa shape index (κ2) is 7.44. The van der Waals surface area contributed by atoms with Crippen molar-refractivity contribution in [3.8, 4) is 28.9 Å². The Morgan fingerprint density at radius 1 is 1.17 bits per heavy atom. The Bertz CT molecular complexity index is 872. The summed E-state index contributed by atoms with van der Waals surface area (Å²) < 4.78 is 7.13. The number of hydrogen-bond acceptors (Lipinski definition) is 3. The minimum atomic E-state index is 0. The Kier molecular flexibility index (Phi) is 5.56. The van der Waals surface area contributed by atoms with Gasteiger partial charge in [0.1, 0.15) is 11.8 Å². The number of rotatable bonds is 3. The molecule has 24 heavy (non-hydrogen) atoms. The number of benzene rings is 2. The number of nitrogens with zero attached hydrogens (tertiary/aromatic N) is 3. The van der Waals surface area contributed by atoms with Crippen molar-refractivity contribution in [2.75, 3.05) is 7.11 Å². The summed E-state index contributed by atoms with van der Waals surface area (Å²) in [6, 6.07) is 16.9. The summed E-state index contributed by atoms with van der Waals surface area (Å²) in [6.45, 7) is 4.10. The monoisotopic (exact) mass is 495 g/mol. The van der Waals surface area contributed by atoms with Crippen molar-refractivity contribution in [1.82, 2.24) is 9.55 Å². The third-order valence-electron chi connectivity index (χ3n) is 3.76. The van der Waals surface area contributed by atoms with Crippen LogP contribution in [0.2, 0.25) is 0 Å². The van der Waals surface area contributed by atoms with Gasteiger partial charge in [0.25, 0.3) is 0 Å². The Hall–Kier alpha value is -2.41. The number of nitriles is 1. The van der Waals surface area contributed by atoms with Gasteiger partial charge in [0.2, 0.25) is 0 Å². The zero-order valence-corrected chi connectivity index (χ0v) is 16.0. The van der Waals surface area contributed by atoms with E-state index in [0.29, 0.717) is 11.5 Å². The second-order valence-electron chi connectivity index (χ2n) is 5.31. The number of methoxy groups -OCH3 is 1. The Balaban J connectivity index is 0.00000208. The van der Waals surface area contributed by atoms with Crippen molar-refractivity contribution in [1.29, 1.82) is 5.26 Å². The molecule has 2 aromatic carbocycles. The first-order valence-corrected chi connectivity index (χ1v) is 7.26. The maximum atomic E-state index is 9.23. The molecule has 0 spiro atoms. The molecule has 0 aliphatic heterocycles. The first-order chi connectivity index (χ1) is 11.1. The van der Waals surface area contributed by atoms with Crippen LogP contribution in [-0.4, -0.2) is 16.7 Å². The minimum Gasteiger partial charge on any atom is -0.540 e. The van der Waals surface area contributed by atoms with E-state index in [9.17, 15) is 5.26 Å². The third kappa shape index (κ3) is 3.26. The summed E-state index contributed by atoms with van der Waals surface area (Å²) in [5, 5.41) is 9.23. The van der Waals surface area contributed by atoms with Crippen molar-refractivity contribution in [3.63, 3.8) is 0 Å². The molecular formula is C19H16IrN3O-. The fourth-order valence-electron chi connectivity index (χ4n) is 2.66. The van der Waals surface area contributed by atoms with Crippen LogP contribution in [0.25, 0.3) is 17.1 Å². The summed E-state index contributed by atoms with van der Waals surface area (Å²) in [4.78, 5) is 4.44. The van der Waals surface area contributed by atoms with Gasteiger partial charge in [0.05, 0.1) is 12.9 Å². The normalized spacial score (nSPS) is 9.92. The number of aromatic nitrogens is 2. The average Bonchev–Trinajstić information content (AvgIpc) is 2.99. The van der Waals surface area contributed by atoms with Gasteiger partial charge < -0.3 is 9.30 Å². The van der Waals surface area contributed by atoms with Gasteiger partial charge in [-0.1, -0.05) is 18.2 Å². The molecule has 0 fully saturated rings. The molecule has 4 nitrogen and oxygen atoms in total. The van der Waals surface area contributed by atoms with E-state index >= 15 is 0 Å². The van der Waals surface area contributed by atoms with Crippen molar-refractivity contribution >= 4 is 0 Å². The van der Waals surface area contributed by atoms with Crippen LogP contribution in [0.5, 0.6) is 5.75 Å². The van der Waals surface area contributed by atoms with Gasteiger partial charge in [-0.2, -0.15) is 5.26 Å². The topological polar surface area (TPSA) is 50.8 Å². The van der Waals surface area contributed by atoms with Crippen LogP contribution in [0, 0.1) is 31.2 Å². The van der Waals surface area contributed by atoms with E-state index in [0.717, 1.165) is 28.1 Å². The van der Waals surface area contributed by atoms with Crippen LogP contribution >= 0.6 is 0 Å². The maximum absolute atomic E-state index is 9.23. The molecule has 0 N–H and O–H groups in total. The molecule has 0 saturated heterocycles. The van der Waals surface area contributed by atoms with Gasteiger partial charge in [0, 0.05) is 37.7 Å². The predicted molar refractivity (Wildman–Crippen MR) is 88.6 cm³/mol. The molecule has 1 radical (unpaired) electrons. The first-order valence-electron chi connectivity index (χ1n) is 7.26. The molecule has 3 aromatic rings. The molecule has 0 atom stereocenters. The molecule has 0 aliphatic rings. The SMILES string of the molecule is COc1c[c-]c(-c2nc(C#N)cn2-c2c(C)cccc2C)cc1.[Ir]. The zero-order chi connectivity index (χ0) is 16.4. The predicted octanol–water partition coefficient (Wildman–Crippen LogP) is 3.83. The smallest absolute Gasteiger partial charge is 0.148 e. The van der Waals surface area contributed by atoms with Crippen molar-refractivity contribution in [2.24, 2.45) is 0 Å². The van der Waals surface area contributed by atoms with Crippen molar-refractivity contribution in [3.05, 3.63) is 65.5 Å². The molecule has 0 saturated carbocycles. The molecule has 1 heterocycles. The van der Waals surface area contributed by atoms with E-state index in [1.165, 1.54) is 0 Å². The number of imidazole rings is 1. The van der Waals surface area contributed by atoms with E-state index in [1.54, 1.807) is 19.4 Å². The first kappa shape index (κ1) is 17.9. The molecule has 0 aliphatic carbocycles. The van der Waals surface area contributed by atoms with Gasteiger partial charge in [-0.25, -0.2) is 0 Å². The van der Waals surface area contributed by atoms with Gasteiger partial charge >= 0.3 is 0 Å². The van der Waals surface area contributed by atoms with Gasteiger partial charge in [-0.05, 0) is 25.0 Å². The summed E-state index contributed by atoms with van der Waals surface area (Å²) in [5.41, 5.74) is 4.49. The molecule has 1 aromatic heterocycles. The summed E-state index contributed by atoms with van der Waals surface area (Å²) in [6.07, 6.45) is 1.77. The van der Waals surface area contributed by atoms with Gasteiger partial charge in [-0.15, -0.1) is 29.8 Å². The van der Waals surface area contributed by atoms with E-state index in [1.807, 2.05) is 22.8 Å². The summed E-state index contributed by atoms with van der Waals surface area (Å²) in [5.74, 6) is 1.43. The number of para-hydroxylation sites is 1. The number of ether oxygens (including phenoxy) is 1. The van der Waals surface area contributed by atoms with Crippen molar-refractivity contribution in [2.45, 2.75) is 13.8 Å². The largest absolute Gasteiger partial charge is 0.540 e. The molecule has 0 amide bonds. The maximum Gasteiger partial charge on any atom is 0.148 e. The number of hydrogen-bond donors (Lipinski definition) is 0. The van der Waals surface area contributed by atoms with Crippen LogP contribution in [0.3, 0.4) is 0 Å².